The minimum absolute atomic E-state index is 0.545. The molecule has 124 valence electrons. The molecule has 0 amide bonds. The summed E-state index contributed by atoms with van der Waals surface area (Å²) in [6.07, 6.45) is 18.1. The molecule has 2 fully saturated rings. The van der Waals surface area contributed by atoms with Crippen LogP contribution in [0.4, 0.5) is 0 Å². The lowest BCUT2D eigenvalue weighted by Gasteiger charge is -2.42. The summed E-state index contributed by atoms with van der Waals surface area (Å²) >= 11 is 0. The average Bonchev–Trinajstić information content (AvgIpc) is 2.57. The molecule has 0 aromatic heterocycles. The monoisotopic (exact) mass is 312 g/mol. The number of hydrogen-bond donors (Lipinski definition) is 0. The molecule has 1 atom stereocenters. The van der Waals surface area contributed by atoms with Gasteiger partial charge in [0.25, 0.3) is 0 Å². The van der Waals surface area contributed by atoms with Crippen molar-refractivity contribution in [1.29, 1.82) is 0 Å². The smallest absolute Gasteiger partial charge is 0.0964 e. The minimum atomic E-state index is -2.01. The average molecular weight is 312 g/mol. The van der Waals surface area contributed by atoms with Crippen LogP contribution in [0.15, 0.2) is 0 Å². The quantitative estimate of drug-likeness (QED) is 0.463. The van der Waals surface area contributed by atoms with Crippen LogP contribution in [0.1, 0.15) is 104 Å². The highest BCUT2D eigenvalue weighted by Gasteiger charge is 2.45. The van der Waals surface area contributed by atoms with Gasteiger partial charge in [-0.15, -0.1) is 0 Å². The van der Waals surface area contributed by atoms with E-state index < -0.39 is 7.14 Å². The SMILES string of the molecule is CCCCC(CC)P(=O)(C1CCCCC1)C1CCCCC1. The second kappa shape index (κ2) is 8.76. The van der Waals surface area contributed by atoms with E-state index in [9.17, 15) is 4.57 Å². The van der Waals surface area contributed by atoms with Crippen molar-refractivity contribution in [2.45, 2.75) is 121 Å². The van der Waals surface area contributed by atoms with Gasteiger partial charge in [0.2, 0.25) is 0 Å². The predicted octanol–water partition coefficient (Wildman–Crippen LogP) is 6.98. The summed E-state index contributed by atoms with van der Waals surface area (Å²) in [6.45, 7) is 4.58. The van der Waals surface area contributed by atoms with E-state index in [2.05, 4.69) is 13.8 Å². The fourth-order valence-electron chi connectivity index (χ4n) is 4.99. The van der Waals surface area contributed by atoms with Crippen molar-refractivity contribution in [3.05, 3.63) is 0 Å². The lowest BCUT2D eigenvalue weighted by molar-refractivity contribution is 0.434. The fraction of sp³-hybridized carbons (Fsp3) is 1.00. The zero-order valence-corrected chi connectivity index (χ0v) is 15.4. The maximum Gasteiger partial charge on any atom is 0.0964 e. The summed E-state index contributed by atoms with van der Waals surface area (Å²) < 4.78 is 14.4. The van der Waals surface area contributed by atoms with Crippen LogP contribution >= 0.6 is 7.14 Å². The van der Waals surface area contributed by atoms with Gasteiger partial charge in [-0.25, -0.2) is 0 Å². The van der Waals surface area contributed by atoms with Crippen LogP contribution in [-0.2, 0) is 4.57 Å². The van der Waals surface area contributed by atoms with E-state index in [-0.39, 0.29) is 0 Å². The summed E-state index contributed by atoms with van der Waals surface area (Å²) in [5.74, 6) is 0. The third-order valence-electron chi connectivity index (χ3n) is 6.22. The maximum atomic E-state index is 14.4. The van der Waals surface area contributed by atoms with Gasteiger partial charge in [-0.1, -0.05) is 65.2 Å². The van der Waals surface area contributed by atoms with Crippen LogP contribution in [0, 0.1) is 0 Å². The van der Waals surface area contributed by atoms with Crippen molar-refractivity contribution in [1.82, 2.24) is 0 Å². The molecule has 2 aliphatic carbocycles. The predicted molar refractivity (Wildman–Crippen MR) is 95.0 cm³/mol. The third kappa shape index (κ3) is 4.15. The molecule has 2 saturated carbocycles. The highest BCUT2D eigenvalue weighted by Crippen LogP contribution is 2.67. The van der Waals surface area contributed by atoms with Gasteiger partial charge in [-0.2, -0.15) is 0 Å². The Labute approximate surface area is 133 Å². The Balaban J connectivity index is 2.19. The van der Waals surface area contributed by atoms with Crippen molar-refractivity contribution in [2.75, 3.05) is 0 Å². The zero-order valence-electron chi connectivity index (χ0n) is 14.5. The molecule has 1 unspecified atom stereocenters. The van der Waals surface area contributed by atoms with Crippen LogP contribution in [0.2, 0.25) is 0 Å². The first kappa shape index (κ1) is 17.6. The van der Waals surface area contributed by atoms with Crippen LogP contribution in [0.5, 0.6) is 0 Å². The van der Waals surface area contributed by atoms with Gasteiger partial charge in [0.05, 0.1) is 7.14 Å². The van der Waals surface area contributed by atoms with Crippen molar-refractivity contribution < 1.29 is 4.57 Å². The van der Waals surface area contributed by atoms with Gasteiger partial charge in [-0.05, 0) is 38.5 Å². The molecule has 2 heteroatoms. The highest BCUT2D eigenvalue weighted by atomic mass is 31.2. The Kier molecular flexibility index (Phi) is 7.33. The van der Waals surface area contributed by atoms with Crippen LogP contribution in [-0.4, -0.2) is 17.0 Å². The molecule has 0 bridgehead atoms. The summed E-state index contributed by atoms with van der Waals surface area (Å²) in [7, 11) is -2.01. The molecule has 0 aromatic rings. The standard InChI is InChI=1S/C19H37OP/c1-3-5-12-17(4-2)21(20,18-13-8-6-9-14-18)19-15-10-7-11-16-19/h17-19H,3-16H2,1-2H3. The molecule has 0 aliphatic heterocycles. The molecule has 21 heavy (non-hydrogen) atoms. The fourth-order valence-corrected chi connectivity index (χ4v) is 10.3. The zero-order chi connectivity index (χ0) is 15.1. The normalized spacial score (nSPS) is 24.1. The van der Waals surface area contributed by atoms with Crippen LogP contribution in [0.25, 0.3) is 0 Å². The van der Waals surface area contributed by atoms with Crippen molar-refractivity contribution in [3.63, 3.8) is 0 Å². The Hall–Kier alpha value is 0.230. The Morgan fingerprint density at radius 1 is 0.857 bits per heavy atom. The molecule has 0 saturated heterocycles. The van der Waals surface area contributed by atoms with Gasteiger partial charge in [-0.3, -0.25) is 0 Å². The van der Waals surface area contributed by atoms with Crippen molar-refractivity contribution >= 4 is 7.14 Å². The maximum absolute atomic E-state index is 14.4. The van der Waals surface area contributed by atoms with E-state index in [0.717, 1.165) is 6.42 Å². The molecule has 0 aromatic carbocycles. The minimum Gasteiger partial charge on any atom is -0.323 e. The van der Waals surface area contributed by atoms with E-state index >= 15 is 0 Å². The third-order valence-corrected chi connectivity index (χ3v) is 11.3. The molecule has 2 aliphatic rings. The van der Waals surface area contributed by atoms with E-state index in [1.165, 1.54) is 83.5 Å². The van der Waals surface area contributed by atoms with Gasteiger partial charge in [0, 0.05) is 17.0 Å². The molecule has 0 heterocycles. The second-order valence-electron chi connectivity index (χ2n) is 7.55. The summed E-state index contributed by atoms with van der Waals surface area (Å²) in [5.41, 5.74) is 1.73. The van der Waals surface area contributed by atoms with E-state index in [0.29, 0.717) is 17.0 Å². The van der Waals surface area contributed by atoms with Gasteiger partial charge >= 0.3 is 0 Å². The van der Waals surface area contributed by atoms with E-state index in [1.807, 2.05) is 0 Å². The Morgan fingerprint density at radius 3 is 1.71 bits per heavy atom. The molecule has 1 nitrogen and oxygen atoms in total. The second-order valence-corrected chi connectivity index (χ2v) is 11.3. The Bertz CT molecular complexity index is 304. The largest absolute Gasteiger partial charge is 0.323 e. The lowest BCUT2D eigenvalue weighted by Crippen LogP contribution is -2.30. The number of rotatable bonds is 7. The van der Waals surface area contributed by atoms with E-state index in [1.54, 1.807) is 0 Å². The molecule has 2 rings (SSSR count). The van der Waals surface area contributed by atoms with Crippen LogP contribution in [0.3, 0.4) is 0 Å². The number of hydrogen-bond acceptors (Lipinski definition) is 1. The van der Waals surface area contributed by atoms with Gasteiger partial charge in [0.1, 0.15) is 0 Å². The first-order valence-corrected chi connectivity index (χ1v) is 11.7. The van der Waals surface area contributed by atoms with Gasteiger partial charge in [0.15, 0.2) is 0 Å². The van der Waals surface area contributed by atoms with Crippen molar-refractivity contribution in [2.24, 2.45) is 0 Å². The summed E-state index contributed by atoms with van der Waals surface area (Å²) in [6, 6.07) is 0. The first-order valence-electron chi connectivity index (χ1n) is 9.82. The van der Waals surface area contributed by atoms with Crippen LogP contribution < -0.4 is 0 Å². The summed E-state index contributed by atoms with van der Waals surface area (Å²) in [4.78, 5) is 0. The topological polar surface area (TPSA) is 17.1 Å². The van der Waals surface area contributed by atoms with Gasteiger partial charge < -0.3 is 4.57 Å². The molecule has 0 N–H and O–H groups in total. The first-order chi connectivity index (χ1) is 10.2. The Morgan fingerprint density at radius 2 is 1.33 bits per heavy atom. The summed E-state index contributed by atoms with van der Waals surface area (Å²) in [5, 5.41) is 0. The lowest BCUT2D eigenvalue weighted by atomic mass is 9.99. The highest BCUT2D eigenvalue weighted by molar-refractivity contribution is 7.66. The number of unbranched alkanes of at least 4 members (excludes halogenated alkanes) is 1. The molecule has 0 spiro atoms. The molecular formula is C19H37OP. The van der Waals surface area contributed by atoms with E-state index in [4.69, 9.17) is 0 Å². The molecule has 0 radical (unpaired) electrons. The molecular weight excluding hydrogens is 275 g/mol. The van der Waals surface area contributed by atoms with Crippen molar-refractivity contribution in [3.8, 4) is 0 Å².